The zero-order valence-corrected chi connectivity index (χ0v) is 24.8. The number of pyridine rings is 1. The Hall–Kier alpha value is -3.71. The zero-order valence-electron chi connectivity index (χ0n) is 24.1. The third kappa shape index (κ3) is 6.79. The van der Waals surface area contributed by atoms with Crippen LogP contribution in [0.25, 0.3) is 10.9 Å². The molecule has 1 fully saturated rings. The van der Waals surface area contributed by atoms with Crippen molar-refractivity contribution in [3.05, 3.63) is 64.8 Å². The number of ketones is 1. The summed E-state index contributed by atoms with van der Waals surface area (Å²) in [4.78, 5) is 34.7. The highest BCUT2D eigenvalue weighted by Crippen LogP contribution is 2.37. The number of ether oxygens (including phenoxy) is 2. The molecule has 1 saturated carbocycles. The van der Waals surface area contributed by atoms with Crippen molar-refractivity contribution < 1.29 is 19.1 Å². The van der Waals surface area contributed by atoms with Gasteiger partial charge in [0.25, 0.3) is 0 Å². The number of benzene rings is 2. The van der Waals surface area contributed by atoms with Crippen LogP contribution >= 0.6 is 11.6 Å². The van der Waals surface area contributed by atoms with Crippen molar-refractivity contribution in [3.63, 3.8) is 0 Å². The monoisotopic (exact) mass is 573 g/mol. The van der Waals surface area contributed by atoms with Gasteiger partial charge in [0.15, 0.2) is 0 Å². The molecule has 0 unspecified atom stereocenters. The molecule has 1 aliphatic carbocycles. The number of carbonyl (C=O) groups excluding carboxylic acids is 2. The van der Waals surface area contributed by atoms with Crippen molar-refractivity contribution in [1.29, 1.82) is 0 Å². The third-order valence-electron chi connectivity index (χ3n) is 7.63. The van der Waals surface area contributed by atoms with Crippen molar-refractivity contribution in [2.24, 2.45) is 16.3 Å². The Bertz CT molecular complexity index is 1550. The fourth-order valence-electron chi connectivity index (χ4n) is 5.35. The summed E-state index contributed by atoms with van der Waals surface area (Å²) in [5, 5.41) is 4.24. The van der Waals surface area contributed by atoms with Crippen molar-refractivity contribution >= 4 is 45.6 Å². The average Bonchev–Trinajstić information content (AvgIpc) is 3.63. The maximum Gasteiger partial charge on any atom is 0.227 e. The second-order valence-corrected chi connectivity index (χ2v) is 12.3. The summed E-state index contributed by atoms with van der Waals surface area (Å²) in [7, 11) is 1.57. The summed E-state index contributed by atoms with van der Waals surface area (Å²) < 4.78 is 11.8. The number of hydrogen-bond acceptors (Lipinski definition) is 6. The Balaban J connectivity index is 1.30. The molecule has 41 heavy (non-hydrogen) atoms. The molecular weight excluding hydrogens is 538 g/mol. The van der Waals surface area contributed by atoms with E-state index in [9.17, 15) is 9.59 Å². The van der Waals surface area contributed by atoms with Gasteiger partial charge in [0, 0.05) is 52.6 Å². The van der Waals surface area contributed by atoms with Crippen molar-refractivity contribution in [2.75, 3.05) is 19.0 Å². The lowest BCUT2D eigenvalue weighted by Crippen LogP contribution is -2.20. The highest BCUT2D eigenvalue weighted by molar-refractivity contribution is 6.31. The first-order valence-electron chi connectivity index (χ1n) is 14.1. The topological polar surface area (TPSA) is 89.9 Å². The molecular formula is C33H36ClN3O4. The highest BCUT2D eigenvalue weighted by atomic mass is 35.5. The first-order chi connectivity index (χ1) is 19.6. The van der Waals surface area contributed by atoms with Gasteiger partial charge in [-0.05, 0) is 54.3 Å². The molecule has 5 rings (SSSR count). The number of methoxy groups -OCH3 is 1. The molecule has 2 aliphatic rings. The van der Waals surface area contributed by atoms with Crippen molar-refractivity contribution in [3.8, 4) is 17.2 Å². The second kappa shape index (κ2) is 12.0. The minimum absolute atomic E-state index is 0.00909. The van der Waals surface area contributed by atoms with Gasteiger partial charge in [-0.25, -0.2) is 0 Å². The van der Waals surface area contributed by atoms with Crippen LogP contribution in [0, 0.1) is 11.3 Å². The van der Waals surface area contributed by atoms with Crippen LogP contribution in [-0.4, -0.2) is 36.0 Å². The van der Waals surface area contributed by atoms with E-state index in [1.807, 2.05) is 18.2 Å². The molecule has 7 nitrogen and oxygen atoms in total. The number of aliphatic imine (C=N–C) groups is 1. The number of hydrogen-bond donors (Lipinski definition) is 1. The molecule has 0 atom stereocenters. The fraction of sp³-hybridized carbons (Fsp3) is 0.394. The van der Waals surface area contributed by atoms with Crippen LogP contribution < -0.4 is 14.8 Å². The van der Waals surface area contributed by atoms with Gasteiger partial charge < -0.3 is 14.8 Å². The number of nitrogens with zero attached hydrogens (tertiary/aromatic N) is 2. The Morgan fingerprint density at radius 2 is 1.83 bits per heavy atom. The third-order valence-corrected chi connectivity index (χ3v) is 7.98. The lowest BCUT2D eigenvalue weighted by atomic mass is 9.89. The molecule has 1 N–H and O–H groups in total. The summed E-state index contributed by atoms with van der Waals surface area (Å²) >= 11 is 6.60. The SMILES string of the molecule is COc1cc2nccc(Oc3ccc(CC(=O)CC4=CC(C(C)(C)C)=NC4)c(Cl)c3)c2cc1NC(=O)C1CCCC1. The molecule has 8 heteroatoms. The molecule has 214 valence electrons. The van der Waals surface area contributed by atoms with Gasteiger partial charge in [-0.2, -0.15) is 0 Å². The van der Waals surface area contributed by atoms with E-state index in [0.29, 0.717) is 46.4 Å². The van der Waals surface area contributed by atoms with E-state index in [4.69, 9.17) is 21.1 Å². The summed E-state index contributed by atoms with van der Waals surface area (Å²) in [6, 6.07) is 10.8. The van der Waals surface area contributed by atoms with Crippen LogP contribution in [0.1, 0.15) is 58.4 Å². The summed E-state index contributed by atoms with van der Waals surface area (Å²) in [6.45, 7) is 6.94. The van der Waals surface area contributed by atoms with Crippen LogP contribution in [0.2, 0.25) is 5.02 Å². The van der Waals surface area contributed by atoms with Crippen LogP contribution in [0.3, 0.4) is 0 Å². The minimum atomic E-state index is -0.0267. The smallest absolute Gasteiger partial charge is 0.227 e. The predicted octanol–water partition coefficient (Wildman–Crippen LogP) is 7.75. The molecule has 1 aliphatic heterocycles. The first-order valence-corrected chi connectivity index (χ1v) is 14.5. The standard InChI is InChI=1S/C33H36ClN3O4/c1-33(2,3)31-14-20(19-36-31)13-23(38)15-22-9-10-24(16-26(22)34)41-29-11-12-35-27-18-30(40-4)28(17-25(27)29)37-32(39)21-7-5-6-8-21/h9-12,14,16-18,21H,5-8,13,15,19H2,1-4H3,(H,37,39). The van der Waals surface area contributed by atoms with E-state index in [1.54, 1.807) is 31.5 Å². The number of Topliss-reactive ketones (excluding diaryl/α,β-unsaturated/α-hetero) is 1. The maximum atomic E-state index is 12.8. The molecule has 2 heterocycles. The average molecular weight is 574 g/mol. The molecule has 2 aromatic carbocycles. The molecule has 3 aromatic rings. The highest BCUT2D eigenvalue weighted by Gasteiger charge is 2.24. The minimum Gasteiger partial charge on any atom is -0.494 e. The Morgan fingerprint density at radius 3 is 2.51 bits per heavy atom. The molecule has 0 bridgehead atoms. The number of anilines is 1. The zero-order chi connectivity index (χ0) is 29.1. The lowest BCUT2D eigenvalue weighted by molar-refractivity contribution is -0.120. The van der Waals surface area contributed by atoms with Gasteiger partial charge in [-0.1, -0.05) is 51.3 Å². The lowest BCUT2D eigenvalue weighted by Gasteiger charge is -2.16. The van der Waals surface area contributed by atoms with Gasteiger partial charge in [0.05, 0.1) is 24.9 Å². The van der Waals surface area contributed by atoms with Crippen LogP contribution in [-0.2, 0) is 16.0 Å². The Morgan fingerprint density at radius 1 is 1.05 bits per heavy atom. The van der Waals surface area contributed by atoms with E-state index < -0.39 is 0 Å². The van der Waals surface area contributed by atoms with E-state index in [2.05, 4.69) is 42.1 Å². The summed E-state index contributed by atoms with van der Waals surface area (Å²) in [5.41, 5.74) is 4.05. The normalized spacial score (nSPS) is 15.5. The van der Waals surface area contributed by atoms with Crippen LogP contribution in [0.15, 0.2) is 59.2 Å². The van der Waals surface area contributed by atoms with Gasteiger partial charge in [0.2, 0.25) is 5.91 Å². The molecule has 0 saturated heterocycles. The number of halogens is 1. The van der Waals surface area contributed by atoms with E-state index in [0.717, 1.165) is 47.9 Å². The number of carbonyl (C=O) groups is 2. The van der Waals surface area contributed by atoms with Crippen molar-refractivity contribution in [2.45, 2.75) is 59.3 Å². The predicted molar refractivity (Wildman–Crippen MR) is 164 cm³/mol. The second-order valence-electron chi connectivity index (χ2n) is 11.9. The van der Waals surface area contributed by atoms with Crippen LogP contribution in [0.5, 0.6) is 17.2 Å². The number of nitrogens with one attached hydrogen (secondary N) is 1. The van der Waals surface area contributed by atoms with Crippen LogP contribution in [0.4, 0.5) is 5.69 Å². The van der Waals surface area contributed by atoms with E-state index >= 15 is 0 Å². The summed E-state index contributed by atoms with van der Waals surface area (Å²) in [5.74, 6) is 1.77. The van der Waals surface area contributed by atoms with E-state index in [-0.39, 0.29) is 29.4 Å². The molecule has 0 spiro atoms. The largest absolute Gasteiger partial charge is 0.494 e. The molecule has 0 radical (unpaired) electrons. The molecule has 1 aromatic heterocycles. The number of rotatable bonds is 9. The quantitative estimate of drug-likeness (QED) is 0.283. The van der Waals surface area contributed by atoms with E-state index in [1.165, 1.54) is 0 Å². The van der Waals surface area contributed by atoms with Crippen molar-refractivity contribution in [1.82, 2.24) is 4.98 Å². The summed E-state index contributed by atoms with van der Waals surface area (Å²) in [6.07, 6.45) is 8.29. The number of allylic oxidation sites excluding steroid dienone is 1. The Labute approximate surface area is 246 Å². The van der Waals surface area contributed by atoms with Gasteiger partial charge in [-0.3, -0.25) is 19.6 Å². The number of fused-ring (bicyclic) bond motifs is 1. The van der Waals surface area contributed by atoms with Gasteiger partial charge in [0.1, 0.15) is 23.0 Å². The molecule has 1 amide bonds. The number of aromatic nitrogens is 1. The Kier molecular flexibility index (Phi) is 8.45. The fourth-order valence-corrected chi connectivity index (χ4v) is 5.59. The first kappa shape index (κ1) is 28.8. The van der Waals surface area contributed by atoms with Gasteiger partial charge in [-0.15, -0.1) is 0 Å². The number of amides is 1. The van der Waals surface area contributed by atoms with Gasteiger partial charge >= 0.3 is 0 Å². The maximum absolute atomic E-state index is 12.8.